The molecule has 44 heavy (non-hydrogen) atoms. The van der Waals surface area contributed by atoms with Gasteiger partial charge in [-0.25, -0.2) is 15.0 Å². The third-order valence-electron chi connectivity index (χ3n) is 7.82. The molecule has 0 atom stereocenters. The Labute approximate surface area is 261 Å². The fraction of sp³-hybridized carbons (Fsp3) is 0. The second kappa shape index (κ2) is 9.75. The smallest absolute Gasteiger partial charge is 0.166 e. The summed E-state index contributed by atoms with van der Waals surface area (Å²) in [4.78, 5) is 14.8. The highest BCUT2D eigenvalue weighted by Crippen LogP contribution is 2.37. The van der Waals surface area contributed by atoms with Gasteiger partial charge in [0.15, 0.2) is 17.5 Å². The van der Waals surface area contributed by atoms with Crippen LogP contribution in [-0.2, 0) is 0 Å². The lowest BCUT2D eigenvalue weighted by atomic mass is 10.1. The van der Waals surface area contributed by atoms with Gasteiger partial charge in [-0.3, -0.25) is 0 Å². The van der Waals surface area contributed by atoms with Crippen LogP contribution >= 0.6 is 0 Å². The van der Waals surface area contributed by atoms with Gasteiger partial charge >= 0.3 is 0 Å². The number of furan rings is 1. The van der Waals surface area contributed by atoms with Crippen molar-refractivity contribution in [2.24, 2.45) is 0 Å². The Hall–Kier alpha value is -6.07. The molecule has 0 aliphatic carbocycles. The molecule has 0 aliphatic rings. The average molecular weight is 571 g/mol. The van der Waals surface area contributed by atoms with E-state index in [4.69, 9.17) is 27.6 Å². The third-order valence-corrected chi connectivity index (χ3v) is 7.82. The molecule has 0 saturated carbocycles. The molecule has 9 aromatic rings. The van der Waals surface area contributed by atoms with Crippen LogP contribution in [0.3, 0.4) is 0 Å². The first-order valence-electron chi connectivity index (χ1n) is 17.1. The van der Waals surface area contributed by atoms with Crippen molar-refractivity contribution in [3.63, 3.8) is 0 Å². The predicted molar refractivity (Wildman–Crippen MR) is 178 cm³/mol. The molecular formula is C39H24N4O. The standard InChI is InChI=1S/C39H24N4O/c1-2-12-25(13-3-1)37-40-38(26-22-23-30-29-16-7-11-21-35(29)44-36(30)24-26)42-39(41-37)31-17-6-10-20-34(31)43-32-18-8-4-14-27(32)28-15-5-9-19-33(28)43/h1-24H/i4D,5D,14D,15D,18D,19D. The summed E-state index contributed by atoms with van der Waals surface area (Å²) in [6.07, 6.45) is 0. The van der Waals surface area contributed by atoms with Crippen LogP contribution in [0.1, 0.15) is 8.22 Å². The van der Waals surface area contributed by atoms with E-state index >= 15 is 0 Å². The zero-order valence-corrected chi connectivity index (χ0v) is 23.1. The van der Waals surface area contributed by atoms with Gasteiger partial charge in [0.05, 0.1) is 24.9 Å². The Morgan fingerprint density at radius 3 is 1.93 bits per heavy atom. The monoisotopic (exact) mass is 570 g/mol. The van der Waals surface area contributed by atoms with Crippen molar-refractivity contribution < 1.29 is 12.6 Å². The highest BCUT2D eigenvalue weighted by molar-refractivity contribution is 6.09. The van der Waals surface area contributed by atoms with Crippen molar-refractivity contribution >= 4 is 43.7 Å². The Kier molecular flexibility index (Phi) is 4.25. The molecule has 0 radical (unpaired) electrons. The number of nitrogens with zero attached hydrogens (tertiary/aromatic N) is 4. The SMILES string of the molecule is [2H]c1cc([2H])c2c(c1[2H])c1c([2H])c([2H])cc([2H])c1n2-c1ccccc1-c1nc(-c2ccccc2)nc(-c2ccc3c(c2)oc2ccccc23)n1. The maximum Gasteiger partial charge on any atom is 0.166 e. The minimum atomic E-state index is -0.175. The van der Waals surface area contributed by atoms with Gasteiger partial charge in [0, 0.05) is 38.2 Å². The fourth-order valence-electron chi connectivity index (χ4n) is 5.82. The highest BCUT2D eigenvalue weighted by atomic mass is 16.3. The summed E-state index contributed by atoms with van der Waals surface area (Å²) >= 11 is 0. The Balaban J connectivity index is 1.34. The molecule has 0 aliphatic heterocycles. The van der Waals surface area contributed by atoms with E-state index in [1.807, 2.05) is 97.1 Å². The van der Waals surface area contributed by atoms with E-state index in [9.17, 15) is 0 Å². The van der Waals surface area contributed by atoms with Gasteiger partial charge in [0.1, 0.15) is 11.2 Å². The van der Waals surface area contributed by atoms with Gasteiger partial charge < -0.3 is 8.98 Å². The van der Waals surface area contributed by atoms with E-state index in [1.165, 1.54) is 12.1 Å². The summed E-state index contributed by atoms with van der Waals surface area (Å²) in [5, 5.41) is 2.35. The zero-order chi connectivity index (χ0) is 34.3. The Morgan fingerprint density at radius 1 is 0.500 bits per heavy atom. The van der Waals surface area contributed by atoms with Crippen LogP contribution < -0.4 is 0 Å². The molecule has 0 N–H and O–H groups in total. The second-order valence-corrected chi connectivity index (χ2v) is 10.4. The molecule has 0 fully saturated rings. The average Bonchev–Trinajstić information content (AvgIpc) is 3.70. The molecule has 0 saturated heterocycles. The van der Waals surface area contributed by atoms with Gasteiger partial charge in [-0.15, -0.1) is 0 Å². The van der Waals surface area contributed by atoms with Crippen LogP contribution in [0.4, 0.5) is 0 Å². The quantitative estimate of drug-likeness (QED) is 0.211. The minimum Gasteiger partial charge on any atom is -0.456 e. The first-order chi connectivity index (χ1) is 24.3. The molecule has 206 valence electrons. The maximum atomic E-state index is 8.95. The molecule has 0 spiro atoms. The first-order valence-corrected chi connectivity index (χ1v) is 14.1. The second-order valence-electron chi connectivity index (χ2n) is 10.4. The number of para-hydroxylation sites is 4. The zero-order valence-electron chi connectivity index (χ0n) is 29.1. The largest absolute Gasteiger partial charge is 0.456 e. The molecule has 0 amide bonds. The normalized spacial score (nSPS) is 13.5. The fourth-order valence-corrected chi connectivity index (χ4v) is 5.82. The van der Waals surface area contributed by atoms with Gasteiger partial charge in [-0.05, 0) is 42.4 Å². The van der Waals surface area contributed by atoms with Crippen LogP contribution in [0.25, 0.3) is 83.6 Å². The number of rotatable bonds is 4. The van der Waals surface area contributed by atoms with Gasteiger partial charge in [-0.2, -0.15) is 0 Å². The van der Waals surface area contributed by atoms with Crippen molar-refractivity contribution in [1.82, 2.24) is 19.5 Å². The number of aromatic nitrogens is 4. The van der Waals surface area contributed by atoms with Gasteiger partial charge in [-0.1, -0.05) is 103 Å². The predicted octanol–water partition coefficient (Wildman–Crippen LogP) is 9.87. The molecular weight excluding hydrogens is 540 g/mol. The van der Waals surface area contributed by atoms with Crippen LogP contribution in [0.15, 0.2) is 150 Å². The molecule has 5 heteroatoms. The Bertz CT molecular complexity index is 2780. The summed E-state index contributed by atoms with van der Waals surface area (Å²) < 4.78 is 60.1. The summed E-state index contributed by atoms with van der Waals surface area (Å²) in [6, 6.07) is 32.5. The topological polar surface area (TPSA) is 56.7 Å². The van der Waals surface area contributed by atoms with E-state index in [1.54, 1.807) is 4.57 Å². The summed E-state index contributed by atoms with van der Waals surface area (Å²) in [7, 11) is 0. The molecule has 6 aromatic carbocycles. The Morgan fingerprint density at radius 2 is 1.14 bits per heavy atom. The van der Waals surface area contributed by atoms with E-state index in [0.29, 0.717) is 34.3 Å². The highest BCUT2D eigenvalue weighted by Gasteiger charge is 2.19. The van der Waals surface area contributed by atoms with Gasteiger partial charge in [0.2, 0.25) is 0 Å². The van der Waals surface area contributed by atoms with E-state index in [0.717, 1.165) is 27.5 Å². The lowest BCUT2D eigenvalue weighted by molar-refractivity contribution is 0.669. The molecule has 3 heterocycles. The van der Waals surface area contributed by atoms with Crippen LogP contribution in [0, 0.1) is 0 Å². The van der Waals surface area contributed by atoms with Crippen LogP contribution in [0.5, 0.6) is 0 Å². The third kappa shape index (κ3) is 3.83. The molecule has 3 aromatic heterocycles. The summed E-state index contributed by atoms with van der Waals surface area (Å²) in [6.45, 7) is 0. The van der Waals surface area contributed by atoms with Crippen molar-refractivity contribution in [1.29, 1.82) is 0 Å². The summed E-state index contributed by atoms with van der Waals surface area (Å²) in [5.41, 5.74) is 4.56. The summed E-state index contributed by atoms with van der Waals surface area (Å²) in [5.74, 6) is 1.18. The number of hydrogen-bond acceptors (Lipinski definition) is 4. The molecule has 0 bridgehead atoms. The van der Waals surface area contributed by atoms with E-state index in [2.05, 4.69) is 0 Å². The number of benzene rings is 6. The van der Waals surface area contributed by atoms with Crippen LogP contribution in [-0.4, -0.2) is 19.5 Å². The van der Waals surface area contributed by atoms with Crippen molar-refractivity contribution in [3.05, 3.63) is 145 Å². The first kappa shape index (κ1) is 19.2. The van der Waals surface area contributed by atoms with Crippen molar-refractivity contribution in [2.45, 2.75) is 0 Å². The minimum absolute atomic E-state index is 0.0437. The van der Waals surface area contributed by atoms with Gasteiger partial charge in [0.25, 0.3) is 0 Å². The lowest BCUT2D eigenvalue weighted by Crippen LogP contribution is -2.03. The van der Waals surface area contributed by atoms with Crippen molar-refractivity contribution in [2.75, 3.05) is 0 Å². The molecule has 0 unspecified atom stereocenters. The van der Waals surface area contributed by atoms with E-state index in [-0.39, 0.29) is 58.1 Å². The maximum absolute atomic E-state index is 8.95. The number of fused-ring (bicyclic) bond motifs is 6. The lowest BCUT2D eigenvalue weighted by Gasteiger charge is -2.14. The molecule has 5 nitrogen and oxygen atoms in total. The number of hydrogen-bond donors (Lipinski definition) is 0. The van der Waals surface area contributed by atoms with E-state index < -0.39 is 0 Å². The van der Waals surface area contributed by atoms with Crippen LogP contribution in [0.2, 0.25) is 0 Å². The molecule has 9 rings (SSSR count). The van der Waals surface area contributed by atoms with Crippen molar-refractivity contribution in [3.8, 4) is 39.9 Å².